The van der Waals surface area contributed by atoms with Gasteiger partial charge in [0, 0.05) is 6.04 Å². The van der Waals surface area contributed by atoms with E-state index in [0.717, 1.165) is 11.8 Å². The normalized spacial score (nSPS) is 57.2. The summed E-state index contributed by atoms with van der Waals surface area (Å²) in [5, 5.41) is 13.1. The third kappa shape index (κ3) is 1.01. The highest BCUT2D eigenvalue weighted by Crippen LogP contribution is 2.45. The molecule has 4 aliphatic rings. The molecule has 0 aromatic carbocycles. The molecule has 4 rings (SSSR count). The van der Waals surface area contributed by atoms with E-state index in [2.05, 4.69) is 5.32 Å². The van der Waals surface area contributed by atoms with E-state index in [4.69, 9.17) is 0 Å². The lowest BCUT2D eigenvalue weighted by atomic mass is 9.68. The second-order valence-corrected chi connectivity index (χ2v) is 4.98. The second kappa shape index (κ2) is 2.46. The largest absolute Gasteiger partial charge is 0.378 e. The van der Waals surface area contributed by atoms with Gasteiger partial charge in [-0.15, -0.1) is 0 Å². The van der Waals surface area contributed by atoms with Crippen LogP contribution in [0.15, 0.2) is 0 Å². The number of fused-ring (bicyclic) bond motifs is 1. The first-order valence-electron chi connectivity index (χ1n) is 5.25. The quantitative estimate of drug-likeness (QED) is 0.566. The van der Waals surface area contributed by atoms with Crippen molar-refractivity contribution in [2.24, 2.45) is 17.8 Å². The van der Waals surface area contributed by atoms with Crippen LogP contribution in [0.4, 0.5) is 0 Å². The zero-order valence-corrected chi connectivity index (χ0v) is 7.37. The van der Waals surface area contributed by atoms with Crippen LogP contribution in [0.25, 0.3) is 0 Å². The van der Waals surface area contributed by atoms with Gasteiger partial charge in [0.25, 0.3) is 0 Å². The van der Waals surface area contributed by atoms with Gasteiger partial charge in [-0.1, -0.05) is 0 Å². The molecule has 2 N–H and O–H groups in total. The number of aliphatic hydroxyl groups is 1. The zero-order chi connectivity index (χ0) is 8.13. The Labute approximate surface area is 73.4 Å². The Kier molecular flexibility index (Phi) is 1.50. The van der Waals surface area contributed by atoms with Gasteiger partial charge in [-0.2, -0.15) is 0 Å². The van der Waals surface area contributed by atoms with E-state index in [1.54, 1.807) is 0 Å². The van der Waals surface area contributed by atoms with E-state index >= 15 is 0 Å². The summed E-state index contributed by atoms with van der Waals surface area (Å²) in [6.45, 7) is 0. The van der Waals surface area contributed by atoms with Gasteiger partial charge in [0.2, 0.25) is 0 Å². The molecule has 68 valence electrons. The Morgan fingerprint density at radius 2 is 1.58 bits per heavy atom. The fraction of sp³-hybridized carbons (Fsp3) is 1.00. The fourth-order valence-electron chi connectivity index (χ4n) is 3.67. The minimum Gasteiger partial charge on any atom is -0.378 e. The highest BCUT2D eigenvalue weighted by molar-refractivity contribution is 4.95. The molecule has 3 atom stereocenters. The first kappa shape index (κ1) is 7.34. The van der Waals surface area contributed by atoms with Gasteiger partial charge < -0.3 is 5.11 Å². The van der Waals surface area contributed by atoms with Gasteiger partial charge in [0.15, 0.2) is 0 Å². The molecule has 2 aliphatic heterocycles. The molecule has 0 spiro atoms. The van der Waals surface area contributed by atoms with E-state index < -0.39 is 0 Å². The summed E-state index contributed by atoms with van der Waals surface area (Å²) in [4.78, 5) is 0. The van der Waals surface area contributed by atoms with E-state index in [1.165, 1.54) is 32.1 Å². The molecule has 12 heavy (non-hydrogen) atoms. The standard InChI is InChI=1S/C10H17NO/c12-10-8-2-6-1-7(3-8)5-9(4-6)11-10/h6-12H,1-5H2/t6-,7-,8?,9?,10?/m0/s1. The summed E-state index contributed by atoms with van der Waals surface area (Å²) < 4.78 is 0. The molecule has 0 aromatic rings. The van der Waals surface area contributed by atoms with Crippen molar-refractivity contribution in [3.63, 3.8) is 0 Å². The number of hydrogen-bond acceptors (Lipinski definition) is 2. The number of rotatable bonds is 0. The van der Waals surface area contributed by atoms with Crippen LogP contribution in [0.2, 0.25) is 0 Å². The molecule has 2 nitrogen and oxygen atoms in total. The lowest BCUT2D eigenvalue weighted by Gasteiger charge is -2.37. The summed E-state index contributed by atoms with van der Waals surface area (Å²) >= 11 is 0. The topological polar surface area (TPSA) is 32.3 Å². The summed E-state index contributed by atoms with van der Waals surface area (Å²) in [6, 6.07) is 0.635. The lowest BCUT2D eigenvalue weighted by Crippen LogP contribution is -2.38. The van der Waals surface area contributed by atoms with E-state index in [-0.39, 0.29) is 6.23 Å². The smallest absolute Gasteiger partial charge is 0.107 e. The Balaban J connectivity index is 1.91. The van der Waals surface area contributed by atoms with Gasteiger partial charge >= 0.3 is 0 Å². The Morgan fingerprint density at radius 3 is 2.25 bits per heavy atom. The van der Waals surface area contributed by atoms with Crippen LogP contribution in [-0.4, -0.2) is 17.4 Å². The van der Waals surface area contributed by atoms with Crippen LogP contribution in [0, 0.1) is 17.8 Å². The average Bonchev–Trinajstić information content (AvgIpc) is 2.16. The van der Waals surface area contributed by atoms with E-state index in [0.29, 0.717) is 12.0 Å². The van der Waals surface area contributed by atoms with Crippen LogP contribution >= 0.6 is 0 Å². The van der Waals surface area contributed by atoms with Crippen molar-refractivity contribution < 1.29 is 5.11 Å². The van der Waals surface area contributed by atoms with Crippen LogP contribution < -0.4 is 5.32 Å². The number of nitrogens with one attached hydrogen (secondary N) is 1. The number of aliphatic hydroxyl groups excluding tert-OH is 1. The molecule has 2 heterocycles. The van der Waals surface area contributed by atoms with Crippen molar-refractivity contribution >= 4 is 0 Å². The molecule has 2 aliphatic carbocycles. The molecule has 2 saturated heterocycles. The van der Waals surface area contributed by atoms with Gasteiger partial charge in [-0.25, -0.2) is 0 Å². The molecule has 2 heteroatoms. The molecule has 2 saturated carbocycles. The predicted octanol–water partition coefficient (Wildman–Crippen LogP) is 1.10. The van der Waals surface area contributed by atoms with Crippen molar-refractivity contribution in [3.8, 4) is 0 Å². The minimum absolute atomic E-state index is 0.190. The second-order valence-electron chi connectivity index (χ2n) is 4.98. The maximum absolute atomic E-state index is 9.79. The molecule has 0 aromatic heterocycles. The zero-order valence-electron chi connectivity index (χ0n) is 7.37. The third-order valence-electron chi connectivity index (χ3n) is 4.03. The van der Waals surface area contributed by atoms with Crippen molar-refractivity contribution in [3.05, 3.63) is 0 Å². The Hall–Kier alpha value is -0.0800. The van der Waals surface area contributed by atoms with Crippen molar-refractivity contribution in [2.45, 2.75) is 44.4 Å². The van der Waals surface area contributed by atoms with E-state index in [9.17, 15) is 5.11 Å². The maximum atomic E-state index is 9.79. The summed E-state index contributed by atoms with van der Waals surface area (Å²) in [7, 11) is 0. The van der Waals surface area contributed by atoms with Crippen LogP contribution in [0.3, 0.4) is 0 Å². The van der Waals surface area contributed by atoms with Crippen molar-refractivity contribution in [1.29, 1.82) is 0 Å². The summed E-state index contributed by atoms with van der Waals surface area (Å²) in [5.74, 6) is 2.43. The van der Waals surface area contributed by atoms with Crippen LogP contribution in [-0.2, 0) is 0 Å². The molecule has 4 fully saturated rings. The van der Waals surface area contributed by atoms with Crippen molar-refractivity contribution in [1.82, 2.24) is 5.32 Å². The highest BCUT2D eigenvalue weighted by Gasteiger charge is 2.42. The van der Waals surface area contributed by atoms with Gasteiger partial charge in [0.05, 0.1) is 0 Å². The van der Waals surface area contributed by atoms with Crippen LogP contribution in [0.1, 0.15) is 32.1 Å². The van der Waals surface area contributed by atoms with E-state index in [1.807, 2.05) is 0 Å². The molecule has 0 amide bonds. The van der Waals surface area contributed by atoms with Gasteiger partial charge in [-0.05, 0) is 49.9 Å². The van der Waals surface area contributed by atoms with Crippen LogP contribution in [0.5, 0.6) is 0 Å². The lowest BCUT2D eigenvalue weighted by molar-refractivity contribution is 0.0556. The van der Waals surface area contributed by atoms with Gasteiger partial charge in [0.1, 0.15) is 6.23 Å². The Bertz CT molecular complexity index is 180. The third-order valence-corrected chi connectivity index (χ3v) is 4.03. The SMILES string of the molecule is OC1NC2C[C@@H]3CC1C[C@@H](C2)C3. The molecular formula is C10H17NO. The van der Waals surface area contributed by atoms with Gasteiger partial charge in [-0.3, -0.25) is 5.32 Å². The molecular weight excluding hydrogens is 150 g/mol. The molecule has 0 radical (unpaired) electrons. The number of hydrogen-bond donors (Lipinski definition) is 2. The first-order chi connectivity index (χ1) is 5.81. The summed E-state index contributed by atoms with van der Waals surface area (Å²) in [5.41, 5.74) is 0. The summed E-state index contributed by atoms with van der Waals surface area (Å²) in [6.07, 6.45) is 6.46. The van der Waals surface area contributed by atoms with Crippen molar-refractivity contribution in [2.75, 3.05) is 0 Å². The monoisotopic (exact) mass is 167 g/mol. The average molecular weight is 167 g/mol. The fourth-order valence-corrected chi connectivity index (χ4v) is 3.67. The molecule has 4 bridgehead atoms. The molecule has 1 unspecified atom stereocenters. The first-order valence-corrected chi connectivity index (χ1v) is 5.25. The maximum Gasteiger partial charge on any atom is 0.107 e. The Morgan fingerprint density at radius 1 is 0.917 bits per heavy atom. The highest BCUT2D eigenvalue weighted by atomic mass is 16.3. The predicted molar refractivity (Wildman–Crippen MR) is 46.5 cm³/mol. The minimum atomic E-state index is -0.190.